The van der Waals surface area contributed by atoms with Gasteiger partial charge in [-0.2, -0.15) is 0 Å². The molecule has 0 spiro atoms. The molecule has 4 aromatic rings. The van der Waals surface area contributed by atoms with Crippen LogP contribution in [0.5, 0.6) is 5.75 Å². The van der Waals surface area contributed by atoms with Crippen molar-refractivity contribution >= 4 is 29.3 Å². The third-order valence-corrected chi connectivity index (χ3v) is 6.09. The van der Waals surface area contributed by atoms with Gasteiger partial charge in [-0.1, -0.05) is 23.9 Å². The average molecular weight is 492 g/mol. The zero-order valence-electron chi connectivity index (χ0n) is 19.6. The lowest BCUT2D eigenvalue weighted by molar-refractivity contribution is -0.113. The van der Waals surface area contributed by atoms with Crippen LogP contribution in [0.1, 0.15) is 27.5 Å². The van der Waals surface area contributed by atoms with E-state index in [1.54, 1.807) is 43.5 Å². The fraction of sp³-hybridized carbons (Fsp3) is 0.200. The summed E-state index contributed by atoms with van der Waals surface area (Å²) >= 11 is 1.27. The Morgan fingerprint density at radius 1 is 1.09 bits per heavy atom. The minimum absolute atomic E-state index is 0.133. The van der Waals surface area contributed by atoms with Crippen molar-refractivity contribution in [3.8, 4) is 11.4 Å². The molecule has 0 aliphatic heterocycles. The molecule has 0 unspecified atom stereocenters. The fourth-order valence-electron chi connectivity index (χ4n) is 3.37. The van der Waals surface area contributed by atoms with Gasteiger partial charge in [0.15, 0.2) is 16.7 Å². The SMILES string of the molecule is COc1ccc(NC(=O)CSc2nnc(CNC(=O)c3ccco3)n2-c2cc(C)ccc2C)cc1. The Morgan fingerprint density at radius 2 is 1.89 bits per heavy atom. The number of amides is 2. The van der Waals surface area contributed by atoms with Crippen molar-refractivity contribution in [3.05, 3.63) is 83.6 Å². The van der Waals surface area contributed by atoms with Crippen molar-refractivity contribution in [3.63, 3.8) is 0 Å². The monoisotopic (exact) mass is 491 g/mol. The van der Waals surface area contributed by atoms with E-state index in [1.807, 2.05) is 36.6 Å². The molecule has 0 fully saturated rings. The average Bonchev–Trinajstić information content (AvgIpc) is 3.54. The summed E-state index contributed by atoms with van der Waals surface area (Å²) in [4.78, 5) is 24.9. The van der Waals surface area contributed by atoms with E-state index in [1.165, 1.54) is 18.0 Å². The number of aryl methyl sites for hydroxylation is 2. The molecule has 0 aliphatic carbocycles. The van der Waals surface area contributed by atoms with Crippen LogP contribution in [-0.2, 0) is 11.3 Å². The molecule has 2 aromatic carbocycles. The lowest BCUT2D eigenvalue weighted by Gasteiger charge is -2.14. The summed E-state index contributed by atoms with van der Waals surface area (Å²) in [6.07, 6.45) is 1.44. The number of hydrogen-bond acceptors (Lipinski definition) is 7. The highest BCUT2D eigenvalue weighted by molar-refractivity contribution is 7.99. The normalized spacial score (nSPS) is 10.7. The van der Waals surface area contributed by atoms with E-state index in [0.29, 0.717) is 22.4 Å². The highest BCUT2D eigenvalue weighted by Crippen LogP contribution is 2.26. The molecule has 35 heavy (non-hydrogen) atoms. The maximum atomic E-state index is 12.6. The van der Waals surface area contributed by atoms with Crippen molar-refractivity contribution < 1.29 is 18.7 Å². The van der Waals surface area contributed by atoms with Gasteiger partial charge in [0, 0.05) is 5.69 Å². The molecule has 9 nitrogen and oxygen atoms in total. The molecule has 2 aromatic heterocycles. The molecule has 0 radical (unpaired) electrons. The maximum absolute atomic E-state index is 12.6. The van der Waals surface area contributed by atoms with Gasteiger partial charge in [0.05, 0.1) is 31.4 Å². The standard InChI is InChI=1S/C25H25N5O4S/c1-16-6-7-17(2)20(13-16)30-22(14-26-24(32)21-5-4-12-34-21)28-29-25(30)35-15-23(31)27-18-8-10-19(33-3)11-9-18/h4-13H,14-15H2,1-3H3,(H,26,32)(H,27,31). The van der Waals surface area contributed by atoms with Gasteiger partial charge < -0.3 is 19.8 Å². The van der Waals surface area contributed by atoms with Crippen molar-refractivity contribution in [1.29, 1.82) is 0 Å². The van der Waals surface area contributed by atoms with Crippen LogP contribution in [0.2, 0.25) is 0 Å². The van der Waals surface area contributed by atoms with Crippen LogP contribution < -0.4 is 15.4 Å². The summed E-state index contributed by atoms with van der Waals surface area (Å²) < 4.78 is 12.2. The number of nitrogens with zero attached hydrogens (tertiary/aromatic N) is 3. The van der Waals surface area contributed by atoms with Gasteiger partial charge >= 0.3 is 0 Å². The summed E-state index contributed by atoms with van der Waals surface area (Å²) in [7, 11) is 1.59. The van der Waals surface area contributed by atoms with E-state index in [4.69, 9.17) is 9.15 Å². The summed E-state index contributed by atoms with van der Waals surface area (Å²) in [5.74, 6) is 1.07. The van der Waals surface area contributed by atoms with Gasteiger partial charge in [0.1, 0.15) is 5.75 Å². The number of hydrogen-bond donors (Lipinski definition) is 2. The Kier molecular flexibility index (Phi) is 7.51. The smallest absolute Gasteiger partial charge is 0.287 e. The summed E-state index contributed by atoms with van der Waals surface area (Å²) in [6.45, 7) is 4.13. The van der Waals surface area contributed by atoms with Crippen molar-refractivity contribution in [2.75, 3.05) is 18.2 Å². The number of benzene rings is 2. The number of nitrogens with one attached hydrogen (secondary N) is 2. The van der Waals surface area contributed by atoms with Crippen molar-refractivity contribution in [2.45, 2.75) is 25.5 Å². The first-order valence-electron chi connectivity index (χ1n) is 10.8. The number of methoxy groups -OCH3 is 1. The van der Waals surface area contributed by atoms with Crippen LogP contribution in [0.25, 0.3) is 5.69 Å². The van der Waals surface area contributed by atoms with Gasteiger partial charge in [0.2, 0.25) is 5.91 Å². The number of rotatable bonds is 9. The van der Waals surface area contributed by atoms with Crippen molar-refractivity contribution in [2.24, 2.45) is 0 Å². The topological polar surface area (TPSA) is 111 Å². The molecule has 2 N–H and O–H groups in total. The number of ether oxygens (including phenoxy) is 1. The van der Waals surface area contributed by atoms with Gasteiger partial charge in [0.25, 0.3) is 5.91 Å². The second-order valence-corrected chi connectivity index (χ2v) is 8.69. The van der Waals surface area contributed by atoms with E-state index >= 15 is 0 Å². The molecule has 0 bridgehead atoms. The molecular formula is C25H25N5O4S. The van der Waals surface area contributed by atoms with E-state index in [-0.39, 0.29) is 29.9 Å². The summed E-state index contributed by atoms with van der Waals surface area (Å²) in [6, 6.07) is 16.4. The molecule has 0 atom stereocenters. The van der Waals surface area contributed by atoms with Crippen LogP contribution in [0, 0.1) is 13.8 Å². The van der Waals surface area contributed by atoms with Gasteiger partial charge in [-0.15, -0.1) is 10.2 Å². The highest BCUT2D eigenvalue weighted by atomic mass is 32.2. The Morgan fingerprint density at radius 3 is 2.60 bits per heavy atom. The molecule has 10 heteroatoms. The predicted octanol–water partition coefficient (Wildman–Crippen LogP) is 4.15. The Labute approximate surface area is 206 Å². The molecule has 0 aliphatic rings. The molecule has 180 valence electrons. The first kappa shape index (κ1) is 24.1. The first-order chi connectivity index (χ1) is 16.9. The Balaban J connectivity index is 1.52. The van der Waals surface area contributed by atoms with Gasteiger partial charge in [-0.3, -0.25) is 14.2 Å². The Hall–Kier alpha value is -4.05. The van der Waals surface area contributed by atoms with Crippen LogP contribution in [0.4, 0.5) is 5.69 Å². The lowest BCUT2D eigenvalue weighted by Crippen LogP contribution is -2.24. The van der Waals surface area contributed by atoms with E-state index < -0.39 is 0 Å². The lowest BCUT2D eigenvalue weighted by atomic mass is 10.1. The van der Waals surface area contributed by atoms with E-state index in [2.05, 4.69) is 20.8 Å². The maximum Gasteiger partial charge on any atom is 0.287 e. The first-order valence-corrected chi connectivity index (χ1v) is 11.8. The third-order valence-electron chi connectivity index (χ3n) is 5.16. The summed E-state index contributed by atoms with van der Waals surface area (Å²) in [5.41, 5.74) is 3.64. The van der Waals surface area contributed by atoms with E-state index in [9.17, 15) is 9.59 Å². The predicted molar refractivity (Wildman–Crippen MR) is 133 cm³/mol. The second kappa shape index (κ2) is 10.9. The number of carbonyl (C=O) groups excluding carboxylic acids is 2. The number of anilines is 1. The largest absolute Gasteiger partial charge is 0.497 e. The van der Waals surface area contributed by atoms with Crippen LogP contribution >= 0.6 is 11.8 Å². The number of carbonyl (C=O) groups is 2. The zero-order valence-corrected chi connectivity index (χ0v) is 20.4. The number of aromatic nitrogens is 3. The zero-order chi connectivity index (χ0) is 24.8. The van der Waals surface area contributed by atoms with Gasteiger partial charge in [-0.25, -0.2) is 0 Å². The molecule has 0 saturated carbocycles. The van der Waals surface area contributed by atoms with Crippen LogP contribution in [-0.4, -0.2) is 39.4 Å². The quantitative estimate of drug-likeness (QED) is 0.338. The number of furan rings is 1. The van der Waals surface area contributed by atoms with Crippen LogP contribution in [0.3, 0.4) is 0 Å². The molecule has 4 rings (SSSR count). The van der Waals surface area contributed by atoms with Crippen LogP contribution in [0.15, 0.2) is 70.4 Å². The molecule has 2 amide bonds. The van der Waals surface area contributed by atoms with E-state index in [0.717, 1.165) is 16.8 Å². The second-order valence-electron chi connectivity index (χ2n) is 7.75. The molecule has 2 heterocycles. The summed E-state index contributed by atoms with van der Waals surface area (Å²) in [5, 5.41) is 14.8. The highest BCUT2D eigenvalue weighted by Gasteiger charge is 2.19. The van der Waals surface area contributed by atoms with Crippen molar-refractivity contribution in [1.82, 2.24) is 20.1 Å². The minimum atomic E-state index is -0.349. The number of thioether (sulfide) groups is 1. The Bertz CT molecular complexity index is 1320. The fourth-order valence-corrected chi connectivity index (χ4v) is 4.13. The molecular weight excluding hydrogens is 466 g/mol. The minimum Gasteiger partial charge on any atom is -0.497 e. The third kappa shape index (κ3) is 5.90. The van der Waals surface area contributed by atoms with Gasteiger partial charge in [-0.05, 0) is 67.4 Å². The molecule has 0 saturated heterocycles.